The van der Waals surface area contributed by atoms with Gasteiger partial charge in [-0.25, -0.2) is 0 Å². The van der Waals surface area contributed by atoms with Gasteiger partial charge in [0.25, 0.3) is 0 Å². The summed E-state index contributed by atoms with van der Waals surface area (Å²) in [4.78, 5) is 2.92. The second-order valence-electron chi connectivity index (χ2n) is 11.2. The highest BCUT2D eigenvalue weighted by Gasteiger charge is 2.51. The van der Waals surface area contributed by atoms with Gasteiger partial charge in [-0.3, -0.25) is 0 Å². The van der Waals surface area contributed by atoms with E-state index in [4.69, 9.17) is 29.2 Å². The first-order valence-electron chi connectivity index (χ1n) is 14.9. The predicted molar refractivity (Wildman–Crippen MR) is 150 cm³/mol. The van der Waals surface area contributed by atoms with E-state index >= 15 is 0 Å². The van der Waals surface area contributed by atoms with Crippen LogP contribution in [0.5, 0.6) is 0 Å². The lowest BCUT2D eigenvalue weighted by Gasteiger charge is -2.49. The third-order valence-electron chi connectivity index (χ3n) is 7.54. The van der Waals surface area contributed by atoms with Gasteiger partial charge in [0.05, 0.1) is 25.4 Å². The lowest BCUT2D eigenvalue weighted by Crippen LogP contribution is -2.64. The lowest BCUT2D eigenvalue weighted by molar-refractivity contribution is -0.366. The maximum absolute atomic E-state index is 10.5. The van der Waals surface area contributed by atoms with Crippen LogP contribution in [0.3, 0.4) is 0 Å². The summed E-state index contributed by atoms with van der Waals surface area (Å²) in [5, 5.41) is 14.3. The molecule has 1 aromatic rings. The number of unbranched alkanes of at least 4 members (excludes halogenated alkanes) is 8. The Labute approximate surface area is 234 Å². The maximum atomic E-state index is 10.5. The Balaban J connectivity index is 1.52. The molecule has 0 aliphatic carbocycles. The van der Waals surface area contributed by atoms with Gasteiger partial charge >= 0.3 is 0 Å². The van der Waals surface area contributed by atoms with Crippen molar-refractivity contribution in [1.82, 2.24) is 0 Å². The Bertz CT molecular complexity index is 850. The molecule has 2 saturated heterocycles. The number of aliphatic hydroxyl groups excluding tert-OH is 1. The molecule has 9 heteroatoms. The number of ether oxygens (including phenoxy) is 5. The first-order valence-corrected chi connectivity index (χ1v) is 14.9. The molecule has 2 heterocycles. The molecule has 220 valence electrons. The molecular formula is C30H49N3O6. The van der Waals surface area contributed by atoms with Crippen molar-refractivity contribution in [2.45, 2.75) is 141 Å². The number of hydrogen-bond acceptors (Lipinski definition) is 7. The van der Waals surface area contributed by atoms with Gasteiger partial charge < -0.3 is 28.8 Å². The van der Waals surface area contributed by atoms with E-state index in [0.29, 0.717) is 19.6 Å². The number of benzene rings is 1. The highest BCUT2D eigenvalue weighted by molar-refractivity contribution is 5.13. The molecule has 2 aliphatic heterocycles. The normalized spacial score (nSPS) is 26.9. The molecular weight excluding hydrogens is 498 g/mol. The van der Waals surface area contributed by atoms with E-state index in [1.54, 1.807) is 0 Å². The van der Waals surface area contributed by atoms with Gasteiger partial charge in [0.1, 0.15) is 18.2 Å². The molecule has 1 aromatic carbocycles. The molecule has 1 N–H and O–H groups in total. The Hall–Kier alpha value is -1.71. The molecule has 6 atom stereocenters. The summed E-state index contributed by atoms with van der Waals surface area (Å²) in [6.45, 7) is 7.11. The number of nitrogens with zero attached hydrogens (tertiary/aromatic N) is 3. The van der Waals surface area contributed by atoms with Crippen molar-refractivity contribution in [2.24, 2.45) is 5.11 Å². The minimum absolute atomic E-state index is 0.0419. The topological polar surface area (TPSA) is 115 Å². The zero-order valence-electron chi connectivity index (χ0n) is 24.1. The Morgan fingerprint density at radius 2 is 1.74 bits per heavy atom. The summed E-state index contributed by atoms with van der Waals surface area (Å²) in [6.07, 6.45) is 10.3. The van der Waals surface area contributed by atoms with E-state index in [9.17, 15) is 5.11 Å². The van der Waals surface area contributed by atoms with Crippen molar-refractivity contribution in [3.63, 3.8) is 0 Å². The molecule has 0 aromatic heterocycles. The number of azide groups is 1. The van der Waals surface area contributed by atoms with Crippen LogP contribution < -0.4 is 0 Å². The van der Waals surface area contributed by atoms with Crippen LogP contribution in [0.1, 0.15) is 97.0 Å². The maximum Gasteiger partial charge on any atom is 0.166 e. The molecule has 0 bridgehead atoms. The highest BCUT2D eigenvalue weighted by atomic mass is 16.7. The number of rotatable bonds is 18. The van der Waals surface area contributed by atoms with Crippen molar-refractivity contribution >= 4 is 0 Å². The number of hydrogen-bond donors (Lipinski definition) is 1. The van der Waals surface area contributed by atoms with Gasteiger partial charge in [0, 0.05) is 11.5 Å². The van der Waals surface area contributed by atoms with Gasteiger partial charge in [-0.2, -0.15) is 0 Å². The average Bonchev–Trinajstić information content (AvgIpc) is 2.92. The number of fused-ring (bicyclic) bond motifs is 1. The van der Waals surface area contributed by atoms with E-state index in [1.807, 2.05) is 32.0 Å². The van der Waals surface area contributed by atoms with Crippen LogP contribution in [0.2, 0.25) is 0 Å². The van der Waals surface area contributed by atoms with E-state index in [2.05, 4.69) is 29.1 Å². The predicted octanol–water partition coefficient (Wildman–Crippen LogP) is 6.82. The fourth-order valence-electron chi connectivity index (χ4n) is 5.32. The third kappa shape index (κ3) is 11.0. The highest BCUT2D eigenvalue weighted by Crippen LogP contribution is 2.34. The largest absolute Gasteiger partial charge is 0.375 e. The molecule has 2 fully saturated rings. The van der Waals surface area contributed by atoms with Gasteiger partial charge in [-0.1, -0.05) is 100 Å². The van der Waals surface area contributed by atoms with Crippen LogP contribution in [0, 0.1) is 0 Å². The summed E-state index contributed by atoms with van der Waals surface area (Å²) in [5.74, 6) is -0.827. The second-order valence-corrected chi connectivity index (χ2v) is 11.2. The van der Waals surface area contributed by atoms with Gasteiger partial charge in [-0.05, 0) is 37.8 Å². The summed E-state index contributed by atoms with van der Waals surface area (Å²) in [5.41, 5.74) is 10.3. The van der Waals surface area contributed by atoms with Crippen LogP contribution in [-0.4, -0.2) is 60.9 Å². The quantitative estimate of drug-likeness (QED) is 0.0933. The molecule has 0 saturated carbocycles. The summed E-state index contributed by atoms with van der Waals surface area (Å²) in [7, 11) is 0. The van der Waals surface area contributed by atoms with Crippen LogP contribution in [0.4, 0.5) is 0 Å². The SMILES string of the molecule is CCCCCCCCCCC[C@H](CCO[C@@H]1[C@@H](N=[N+]=[N-])[C@H](O)O[C@@H]2COC(C)(C)O[C@@H]12)OCc1ccccc1. The minimum atomic E-state index is -1.28. The average molecular weight is 548 g/mol. The van der Waals surface area contributed by atoms with E-state index in [-0.39, 0.29) is 12.7 Å². The third-order valence-corrected chi connectivity index (χ3v) is 7.54. The van der Waals surface area contributed by atoms with Crippen LogP contribution in [0.25, 0.3) is 10.4 Å². The van der Waals surface area contributed by atoms with Crippen molar-refractivity contribution < 1.29 is 28.8 Å². The van der Waals surface area contributed by atoms with Crippen molar-refractivity contribution in [1.29, 1.82) is 0 Å². The van der Waals surface area contributed by atoms with E-state index in [0.717, 1.165) is 18.4 Å². The monoisotopic (exact) mass is 547 g/mol. The smallest absolute Gasteiger partial charge is 0.166 e. The zero-order chi connectivity index (χ0) is 27.9. The summed E-state index contributed by atoms with van der Waals surface area (Å²) in [6, 6.07) is 9.29. The fourth-order valence-corrected chi connectivity index (χ4v) is 5.32. The second kappa shape index (κ2) is 17.2. The first-order chi connectivity index (χ1) is 18.9. The van der Waals surface area contributed by atoms with Gasteiger partial charge in [0.2, 0.25) is 0 Å². The van der Waals surface area contributed by atoms with Gasteiger partial charge in [0.15, 0.2) is 12.1 Å². The number of aliphatic hydroxyl groups is 1. The molecule has 3 rings (SSSR count). The Kier molecular flexibility index (Phi) is 14.0. The standard InChI is InChI=1S/C30H49N3O6/c1-4-5-6-7-8-9-10-11-15-18-24(36-21-23-16-13-12-14-17-23)19-20-35-28-26(32-33-31)29(34)38-25-22-37-30(2,3)39-27(25)28/h12-14,16-17,24-29,34H,4-11,15,18-22H2,1-3H3/t24-,25-,26-,27-,28-,29-/m1/s1. The van der Waals surface area contributed by atoms with Crippen molar-refractivity contribution in [2.75, 3.05) is 13.2 Å². The van der Waals surface area contributed by atoms with E-state index in [1.165, 1.54) is 51.4 Å². The Morgan fingerprint density at radius 1 is 1.05 bits per heavy atom. The lowest BCUT2D eigenvalue weighted by atomic mass is 9.95. The molecule has 0 unspecified atom stereocenters. The molecule has 9 nitrogen and oxygen atoms in total. The minimum Gasteiger partial charge on any atom is -0.375 e. The molecule has 0 radical (unpaired) electrons. The molecule has 0 spiro atoms. The molecule has 39 heavy (non-hydrogen) atoms. The van der Waals surface area contributed by atoms with Crippen LogP contribution in [-0.2, 0) is 30.3 Å². The fraction of sp³-hybridized carbons (Fsp3) is 0.800. The van der Waals surface area contributed by atoms with Crippen LogP contribution >= 0.6 is 0 Å². The molecule has 2 aliphatic rings. The Morgan fingerprint density at radius 3 is 2.44 bits per heavy atom. The van der Waals surface area contributed by atoms with Gasteiger partial charge in [-0.15, -0.1) is 0 Å². The van der Waals surface area contributed by atoms with E-state index < -0.39 is 36.4 Å². The summed E-state index contributed by atoms with van der Waals surface area (Å²) < 4.78 is 30.1. The van der Waals surface area contributed by atoms with Crippen molar-refractivity contribution in [3.8, 4) is 0 Å². The summed E-state index contributed by atoms with van der Waals surface area (Å²) >= 11 is 0. The van der Waals surface area contributed by atoms with Crippen LogP contribution in [0.15, 0.2) is 35.4 Å². The zero-order valence-corrected chi connectivity index (χ0v) is 24.1. The van der Waals surface area contributed by atoms with Crippen molar-refractivity contribution in [3.05, 3.63) is 46.3 Å². The molecule has 0 amide bonds. The first kappa shape index (κ1) is 31.8.